The first-order valence-corrected chi connectivity index (χ1v) is 7.71. The van der Waals surface area contributed by atoms with Gasteiger partial charge in [0, 0.05) is 16.6 Å². The Bertz CT molecular complexity index is 905. The van der Waals surface area contributed by atoms with E-state index in [4.69, 9.17) is 0 Å². The fourth-order valence-corrected chi connectivity index (χ4v) is 2.83. The number of para-hydroxylation sites is 1. The van der Waals surface area contributed by atoms with Gasteiger partial charge < -0.3 is 0 Å². The summed E-state index contributed by atoms with van der Waals surface area (Å²) in [5.41, 5.74) is 5.63. The third kappa shape index (κ3) is 3.07. The molecule has 0 unspecified atom stereocenters. The number of nitrogens with zero attached hydrogens (tertiary/aromatic N) is 1. The van der Waals surface area contributed by atoms with Gasteiger partial charge in [-0.25, -0.2) is 0 Å². The molecule has 0 aliphatic carbocycles. The molecule has 0 saturated carbocycles. The zero-order chi connectivity index (χ0) is 16.4. The second-order valence-electron chi connectivity index (χ2n) is 5.82. The van der Waals surface area contributed by atoms with Crippen molar-refractivity contribution in [2.75, 3.05) is 0 Å². The molecule has 0 radical (unpaired) electrons. The molecule has 3 rings (SSSR count). The van der Waals surface area contributed by atoms with Crippen molar-refractivity contribution in [1.82, 2.24) is 4.98 Å². The average Bonchev–Trinajstić information content (AvgIpc) is 2.54. The summed E-state index contributed by atoms with van der Waals surface area (Å²) in [6.07, 6.45) is 3.49. The van der Waals surface area contributed by atoms with Gasteiger partial charge in [-0.05, 0) is 44.0 Å². The Balaban J connectivity index is 1.99. The van der Waals surface area contributed by atoms with E-state index in [1.54, 1.807) is 6.08 Å². The number of allylic oxidation sites excluding steroid dienone is 1. The van der Waals surface area contributed by atoms with E-state index >= 15 is 0 Å². The highest BCUT2D eigenvalue weighted by Crippen LogP contribution is 2.23. The molecule has 114 valence electrons. The Morgan fingerprint density at radius 2 is 1.65 bits per heavy atom. The number of aryl methyl sites for hydroxylation is 3. The minimum Gasteiger partial charge on any atom is -0.289 e. The van der Waals surface area contributed by atoms with Crippen LogP contribution in [0.1, 0.15) is 32.7 Å². The SMILES string of the molecule is Cc1ccc(/C=C/C(=O)c2c(C)nc3ccccc3c2C)cc1. The third-order valence-electron chi connectivity index (χ3n) is 4.08. The second kappa shape index (κ2) is 6.17. The highest BCUT2D eigenvalue weighted by atomic mass is 16.1. The van der Waals surface area contributed by atoms with Gasteiger partial charge in [0.1, 0.15) is 0 Å². The highest BCUT2D eigenvalue weighted by molar-refractivity contribution is 6.10. The van der Waals surface area contributed by atoms with Gasteiger partial charge in [0.2, 0.25) is 0 Å². The van der Waals surface area contributed by atoms with E-state index in [9.17, 15) is 4.79 Å². The third-order valence-corrected chi connectivity index (χ3v) is 4.08. The van der Waals surface area contributed by atoms with Crippen molar-refractivity contribution in [3.8, 4) is 0 Å². The number of hydrogen-bond donors (Lipinski definition) is 0. The minimum absolute atomic E-state index is 0.00109. The average molecular weight is 301 g/mol. The lowest BCUT2D eigenvalue weighted by Gasteiger charge is -2.09. The normalized spacial score (nSPS) is 11.3. The number of ketones is 1. The Morgan fingerprint density at radius 1 is 0.957 bits per heavy atom. The number of fused-ring (bicyclic) bond motifs is 1. The zero-order valence-corrected chi connectivity index (χ0v) is 13.6. The molecular weight excluding hydrogens is 282 g/mol. The van der Waals surface area contributed by atoms with Crippen molar-refractivity contribution in [2.45, 2.75) is 20.8 Å². The number of rotatable bonds is 3. The Morgan fingerprint density at radius 3 is 2.39 bits per heavy atom. The van der Waals surface area contributed by atoms with Gasteiger partial charge in [-0.3, -0.25) is 9.78 Å². The van der Waals surface area contributed by atoms with Crippen LogP contribution in [0.3, 0.4) is 0 Å². The lowest BCUT2D eigenvalue weighted by atomic mass is 9.98. The summed E-state index contributed by atoms with van der Waals surface area (Å²) >= 11 is 0. The molecule has 0 N–H and O–H groups in total. The van der Waals surface area contributed by atoms with Gasteiger partial charge >= 0.3 is 0 Å². The van der Waals surface area contributed by atoms with Crippen molar-refractivity contribution < 1.29 is 4.79 Å². The molecule has 2 nitrogen and oxygen atoms in total. The quantitative estimate of drug-likeness (QED) is 0.500. The Labute approximate surface area is 136 Å². The number of carbonyl (C=O) groups is 1. The van der Waals surface area contributed by atoms with Gasteiger partial charge in [-0.1, -0.05) is 54.1 Å². The predicted octanol–water partition coefficient (Wildman–Crippen LogP) is 5.06. The standard InChI is InChI=1S/C21H19NO/c1-14-8-10-17(11-9-14)12-13-20(23)21-15(2)18-6-4-5-7-19(18)22-16(21)3/h4-13H,1-3H3/b13-12+. The van der Waals surface area contributed by atoms with Crippen LogP contribution in [0.15, 0.2) is 54.6 Å². The molecule has 0 aliphatic heterocycles. The fourth-order valence-electron chi connectivity index (χ4n) is 2.83. The molecule has 1 heterocycles. The van der Waals surface area contributed by atoms with E-state index in [1.807, 2.05) is 75.4 Å². The van der Waals surface area contributed by atoms with Crippen LogP contribution in [0, 0.1) is 20.8 Å². The van der Waals surface area contributed by atoms with Gasteiger partial charge in [0.15, 0.2) is 5.78 Å². The first kappa shape index (κ1) is 15.2. The summed E-state index contributed by atoms with van der Waals surface area (Å²) in [5.74, 6) is -0.00109. The lowest BCUT2D eigenvalue weighted by molar-refractivity contribution is 0.104. The molecule has 1 aromatic heterocycles. The summed E-state index contributed by atoms with van der Waals surface area (Å²) in [7, 11) is 0. The molecule has 23 heavy (non-hydrogen) atoms. The smallest absolute Gasteiger partial charge is 0.187 e. The van der Waals surface area contributed by atoms with Crippen molar-refractivity contribution in [2.24, 2.45) is 0 Å². The van der Waals surface area contributed by atoms with Crippen LogP contribution in [0.25, 0.3) is 17.0 Å². The first-order chi connectivity index (χ1) is 11.1. The van der Waals surface area contributed by atoms with Crippen molar-refractivity contribution in [1.29, 1.82) is 0 Å². The topological polar surface area (TPSA) is 30.0 Å². The maximum absolute atomic E-state index is 12.6. The summed E-state index contributed by atoms with van der Waals surface area (Å²) in [6.45, 7) is 5.93. The number of carbonyl (C=O) groups excluding carboxylic acids is 1. The molecule has 2 aromatic carbocycles. The van der Waals surface area contributed by atoms with Crippen LogP contribution in [0.5, 0.6) is 0 Å². The van der Waals surface area contributed by atoms with E-state index in [1.165, 1.54) is 5.56 Å². The van der Waals surface area contributed by atoms with Crippen molar-refractivity contribution in [3.05, 3.63) is 82.6 Å². The number of benzene rings is 2. The van der Waals surface area contributed by atoms with Gasteiger partial charge in [-0.2, -0.15) is 0 Å². The Hall–Kier alpha value is -2.74. The summed E-state index contributed by atoms with van der Waals surface area (Å²) in [4.78, 5) is 17.2. The largest absolute Gasteiger partial charge is 0.289 e. The maximum Gasteiger partial charge on any atom is 0.187 e. The van der Waals surface area contributed by atoms with Gasteiger partial charge in [-0.15, -0.1) is 0 Å². The van der Waals surface area contributed by atoms with E-state index in [0.29, 0.717) is 5.56 Å². The van der Waals surface area contributed by atoms with Gasteiger partial charge in [0.25, 0.3) is 0 Å². The lowest BCUT2D eigenvalue weighted by Crippen LogP contribution is -2.04. The van der Waals surface area contributed by atoms with Crippen LogP contribution in [-0.2, 0) is 0 Å². The summed E-state index contributed by atoms with van der Waals surface area (Å²) < 4.78 is 0. The van der Waals surface area contributed by atoms with E-state index in [2.05, 4.69) is 4.98 Å². The van der Waals surface area contributed by atoms with Gasteiger partial charge in [0.05, 0.1) is 5.52 Å². The second-order valence-corrected chi connectivity index (χ2v) is 5.82. The first-order valence-electron chi connectivity index (χ1n) is 7.71. The van der Waals surface area contributed by atoms with E-state index < -0.39 is 0 Å². The Kier molecular flexibility index (Phi) is 4.07. The van der Waals surface area contributed by atoms with Crippen LogP contribution >= 0.6 is 0 Å². The maximum atomic E-state index is 12.6. The molecule has 0 saturated heterocycles. The molecule has 3 aromatic rings. The number of aromatic nitrogens is 1. The molecular formula is C21H19NO. The van der Waals surface area contributed by atoms with Crippen LogP contribution < -0.4 is 0 Å². The zero-order valence-electron chi connectivity index (χ0n) is 13.6. The summed E-state index contributed by atoms with van der Waals surface area (Å²) in [5, 5.41) is 1.03. The number of hydrogen-bond acceptors (Lipinski definition) is 2. The monoisotopic (exact) mass is 301 g/mol. The van der Waals surface area contributed by atoms with Crippen molar-refractivity contribution >= 4 is 22.8 Å². The predicted molar refractivity (Wildman–Crippen MR) is 95.8 cm³/mol. The molecule has 0 aliphatic rings. The van der Waals surface area contributed by atoms with Crippen LogP contribution in [0.2, 0.25) is 0 Å². The molecule has 2 heteroatoms. The van der Waals surface area contributed by atoms with Crippen LogP contribution in [-0.4, -0.2) is 10.8 Å². The minimum atomic E-state index is -0.00109. The van der Waals surface area contributed by atoms with E-state index in [-0.39, 0.29) is 5.78 Å². The number of pyridine rings is 1. The van der Waals surface area contributed by atoms with Crippen LogP contribution in [0.4, 0.5) is 0 Å². The molecule has 0 spiro atoms. The molecule has 0 bridgehead atoms. The highest BCUT2D eigenvalue weighted by Gasteiger charge is 2.13. The molecule has 0 amide bonds. The molecule has 0 fully saturated rings. The van der Waals surface area contributed by atoms with E-state index in [0.717, 1.165) is 27.7 Å². The molecule has 0 atom stereocenters. The fraction of sp³-hybridized carbons (Fsp3) is 0.143. The summed E-state index contributed by atoms with van der Waals surface area (Å²) in [6, 6.07) is 16.0. The van der Waals surface area contributed by atoms with Crippen molar-refractivity contribution in [3.63, 3.8) is 0 Å².